The van der Waals surface area contributed by atoms with Crippen molar-refractivity contribution >= 4 is 28.5 Å². The maximum atomic E-state index is 10.7. The fraction of sp³-hybridized carbons (Fsp3) is 0.182. The van der Waals surface area contributed by atoms with Gasteiger partial charge in [-0.25, -0.2) is 4.79 Å². The Kier molecular flexibility index (Phi) is 3.74. The zero-order valence-corrected chi connectivity index (χ0v) is 9.30. The summed E-state index contributed by atoms with van der Waals surface area (Å²) in [6.45, 7) is 4.00. The number of carboxylic acids is 1. The Hall–Kier alpha value is -1.48. The third kappa shape index (κ3) is 2.30. The molecular formula is C11H12ClNO2. The first-order valence-corrected chi connectivity index (χ1v) is 5.06. The molecule has 1 heterocycles. The average molecular weight is 226 g/mol. The molecule has 0 saturated heterocycles. The van der Waals surface area contributed by atoms with Gasteiger partial charge < -0.3 is 10.1 Å². The van der Waals surface area contributed by atoms with Gasteiger partial charge >= 0.3 is 5.97 Å². The summed E-state index contributed by atoms with van der Waals surface area (Å²) in [5.41, 5.74) is 1.01. The molecule has 0 radical (unpaired) electrons. The first kappa shape index (κ1) is 11.6. The van der Waals surface area contributed by atoms with E-state index >= 15 is 0 Å². The molecule has 80 valence electrons. The van der Waals surface area contributed by atoms with Crippen LogP contribution >= 0.6 is 11.6 Å². The third-order valence-corrected chi connectivity index (χ3v) is 2.11. The molecule has 0 aliphatic heterocycles. The number of carboxylic acid groups (broad SMARTS) is 1. The van der Waals surface area contributed by atoms with Gasteiger partial charge in [-0.2, -0.15) is 0 Å². The molecule has 0 bridgehead atoms. The van der Waals surface area contributed by atoms with Crippen molar-refractivity contribution in [3.05, 3.63) is 35.0 Å². The summed E-state index contributed by atoms with van der Waals surface area (Å²) in [5, 5.41) is 10.1. The number of benzene rings is 1. The number of hydrogen-bond donors (Lipinski definition) is 2. The highest BCUT2D eigenvalue weighted by molar-refractivity contribution is 6.31. The summed E-state index contributed by atoms with van der Waals surface area (Å²) in [6, 6.07) is 5.06. The smallest absolute Gasteiger partial charge is 0.337 e. The molecule has 2 aromatic rings. The normalized spacial score (nSPS) is 9.53. The number of aromatic nitrogens is 1. The van der Waals surface area contributed by atoms with Crippen LogP contribution in [0.2, 0.25) is 5.02 Å². The molecule has 0 spiro atoms. The number of H-pyrrole nitrogens is 1. The lowest BCUT2D eigenvalue weighted by molar-refractivity contribution is 0.0699. The lowest BCUT2D eigenvalue weighted by Gasteiger charge is -1.92. The second kappa shape index (κ2) is 4.84. The van der Waals surface area contributed by atoms with Crippen molar-refractivity contribution in [1.82, 2.24) is 4.98 Å². The van der Waals surface area contributed by atoms with E-state index < -0.39 is 5.97 Å². The van der Waals surface area contributed by atoms with Gasteiger partial charge in [0.2, 0.25) is 0 Å². The molecule has 0 saturated carbocycles. The Morgan fingerprint density at radius 2 is 2.07 bits per heavy atom. The van der Waals surface area contributed by atoms with Crippen LogP contribution in [0.1, 0.15) is 24.2 Å². The van der Waals surface area contributed by atoms with Gasteiger partial charge in [0.1, 0.15) is 0 Å². The van der Waals surface area contributed by atoms with Crippen LogP contribution < -0.4 is 0 Å². The molecule has 0 fully saturated rings. The monoisotopic (exact) mass is 225 g/mol. The minimum absolute atomic E-state index is 0.270. The highest BCUT2D eigenvalue weighted by Gasteiger charge is 2.09. The van der Waals surface area contributed by atoms with Gasteiger partial charge in [0.25, 0.3) is 0 Å². The van der Waals surface area contributed by atoms with E-state index in [0.717, 1.165) is 5.52 Å². The molecule has 15 heavy (non-hydrogen) atoms. The van der Waals surface area contributed by atoms with Crippen molar-refractivity contribution in [3.8, 4) is 0 Å². The van der Waals surface area contributed by atoms with Crippen molar-refractivity contribution in [2.75, 3.05) is 0 Å². The average Bonchev–Trinajstić information content (AvgIpc) is 2.63. The van der Waals surface area contributed by atoms with Crippen LogP contribution in [-0.2, 0) is 0 Å². The van der Waals surface area contributed by atoms with E-state index in [-0.39, 0.29) is 5.56 Å². The number of rotatable bonds is 1. The molecule has 2 N–H and O–H groups in total. The number of aromatic carboxylic acids is 1. The summed E-state index contributed by atoms with van der Waals surface area (Å²) in [5.74, 6) is -0.937. The van der Waals surface area contributed by atoms with E-state index in [1.54, 1.807) is 18.2 Å². The van der Waals surface area contributed by atoms with E-state index in [0.29, 0.717) is 10.4 Å². The fourth-order valence-electron chi connectivity index (χ4n) is 1.28. The SMILES string of the molecule is CC.O=C(O)c1c[nH]c2cc(Cl)ccc12. The molecule has 2 rings (SSSR count). The summed E-state index contributed by atoms with van der Waals surface area (Å²) in [7, 11) is 0. The molecule has 1 aromatic carbocycles. The van der Waals surface area contributed by atoms with Crippen LogP contribution in [0, 0.1) is 0 Å². The number of nitrogens with one attached hydrogen (secondary N) is 1. The van der Waals surface area contributed by atoms with Crippen molar-refractivity contribution in [2.24, 2.45) is 0 Å². The van der Waals surface area contributed by atoms with E-state index in [9.17, 15) is 4.79 Å². The molecule has 4 heteroatoms. The summed E-state index contributed by atoms with van der Waals surface area (Å²) < 4.78 is 0. The lowest BCUT2D eigenvalue weighted by Crippen LogP contribution is -1.93. The van der Waals surface area contributed by atoms with Crippen molar-refractivity contribution in [3.63, 3.8) is 0 Å². The Bertz CT molecular complexity index is 476. The molecule has 1 aromatic heterocycles. The summed E-state index contributed by atoms with van der Waals surface area (Å²) in [4.78, 5) is 13.6. The Morgan fingerprint density at radius 1 is 1.40 bits per heavy atom. The Morgan fingerprint density at radius 3 is 2.67 bits per heavy atom. The highest BCUT2D eigenvalue weighted by Crippen LogP contribution is 2.21. The molecule has 3 nitrogen and oxygen atoms in total. The third-order valence-electron chi connectivity index (χ3n) is 1.87. The minimum atomic E-state index is -0.937. The van der Waals surface area contributed by atoms with Crippen LogP contribution in [0.3, 0.4) is 0 Å². The first-order chi connectivity index (χ1) is 7.18. The Labute approximate surface area is 92.7 Å². The summed E-state index contributed by atoms with van der Waals surface area (Å²) >= 11 is 5.74. The maximum absolute atomic E-state index is 10.7. The van der Waals surface area contributed by atoms with E-state index in [1.807, 2.05) is 13.8 Å². The van der Waals surface area contributed by atoms with Crippen LogP contribution in [0.25, 0.3) is 10.9 Å². The molecule has 0 unspecified atom stereocenters. The van der Waals surface area contributed by atoms with Crippen LogP contribution in [0.15, 0.2) is 24.4 Å². The van der Waals surface area contributed by atoms with Crippen LogP contribution in [0.5, 0.6) is 0 Å². The maximum Gasteiger partial charge on any atom is 0.337 e. The first-order valence-electron chi connectivity index (χ1n) is 4.68. The van der Waals surface area contributed by atoms with E-state index in [4.69, 9.17) is 16.7 Å². The molecule has 0 aliphatic carbocycles. The fourth-order valence-corrected chi connectivity index (χ4v) is 1.45. The van der Waals surface area contributed by atoms with Gasteiger partial charge in [0.05, 0.1) is 5.56 Å². The van der Waals surface area contributed by atoms with Gasteiger partial charge in [-0.1, -0.05) is 31.5 Å². The largest absolute Gasteiger partial charge is 0.478 e. The zero-order chi connectivity index (χ0) is 11.4. The molecule has 0 aliphatic rings. The van der Waals surface area contributed by atoms with Crippen LogP contribution in [-0.4, -0.2) is 16.1 Å². The van der Waals surface area contributed by atoms with Gasteiger partial charge in [-0.05, 0) is 12.1 Å². The van der Waals surface area contributed by atoms with Crippen molar-refractivity contribution in [2.45, 2.75) is 13.8 Å². The lowest BCUT2D eigenvalue weighted by atomic mass is 10.2. The number of fused-ring (bicyclic) bond motifs is 1. The van der Waals surface area contributed by atoms with Crippen LogP contribution in [0.4, 0.5) is 0 Å². The number of aromatic amines is 1. The standard InChI is InChI=1S/C9H6ClNO2.C2H6/c10-5-1-2-6-7(9(12)13)4-11-8(6)3-5;1-2/h1-4,11H,(H,12,13);1-2H3. The number of hydrogen-bond acceptors (Lipinski definition) is 1. The predicted molar refractivity (Wildman–Crippen MR) is 61.6 cm³/mol. The van der Waals surface area contributed by atoms with Gasteiger partial charge in [0.15, 0.2) is 0 Å². The highest BCUT2D eigenvalue weighted by atomic mass is 35.5. The quantitative estimate of drug-likeness (QED) is 0.780. The summed E-state index contributed by atoms with van der Waals surface area (Å²) in [6.07, 6.45) is 1.46. The molecular weight excluding hydrogens is 214 g/mol. The van der Waals surface area contributed by atoms with E-state index in [1.165, 1.54) is 6.20 Å². The van der Waals surface area contributed by atoms with Gasteiger partial charge in [-0.15, -0.1) is 0 Å². The second-order valence-corrected chi connectivity index (χ2v) is 3.13. The molecule has 0 atom stereocenters. The minimum Gasteiger partial charge on any atom is -0.478 e. The van der Waals surface area contributed by atoms with E-state index in [2.05, 4.69) is 4.98 Å². The number of halogens is 1. The number of carbonyl (C=O) groups is 1. The van der Waals surface area contributed by atoms with Gasteiger partial charge in [0, 0.05) is 22.1 Å². The second-order valence-electron chi connectivity index (χ2n) is 2.70. The topological polar surface area (TPSA) is 53.1 Å². The predicted octanol–water partition coefficient (Wildman–Crippen LogP) is 3.55. The van der Waals surface area contributed by atoms with Crippen molar-refractivity contribution in [1.29, 1.82) is 0 Å². The molecule has 0 amide bonds. The van der Waals surface area contributed by atoms with Gasteiger partial charge in [-0.3, -0.25) is 0 Å². The van der Waals surface area contributed by atoms with Crippen molar-refractivity contribution < 1.29 is 9.90 Å². The zero-order valence-electron chi connectivity index (χ0n) is 8.54. The Balaban J connectivity index is 0.000000531.